The van der Waals surface area contributed by atoms with E-state index in [9.17, 15) is 40.9 Å². The third-order valence-corrected chi connectivity index (χ3v) is 4.70. The minimum atomic E-state index is -5.95. The van der Waals surface area contributed by atoms with Crippen LogP contribution >= 0.6 is 0 Å². The van der Waals surface area contributed by atoms with Crippen LogP contribution in [0.25, 0.3) is 10.4 Å². The van der Waals surface area contributed by atoms with Crippen molar-refractivity contribution >= 4 is 0 Å². The molecule has 0 amide bonds. The summed E-state index contributed by atoms with van der Waals surface area (Å²) < 4.78 is 102. The maximum absolute atomic E-state index is 14.5. The Morgan fingerprint density at radius 1 is 1.04 bits per heavy atom. The van der Waals surface area contributed by atoms with Gasteiger partial charge in [0.25, 0.3) is 0 Å². The van der Waals surface area contributed by atoms with Crippen molar-refractivity contribution in [1.82, 2.24) is 0 Å². The Labute approximate surface area is 136 Å². The van der Waals surface area contributed by atoms with E-state index in [4.69, 9.17) is 5.53 Å². The lowest BCUT2D eigenvalue weighted by atomic mass is 9.69. The normalized spacial score (nSPS) is 38.8. The van der Waals surface area contributed by atoms with Crippen LogP contribution in [0.5, 0.6) is 0 Å². The van der Waals surface area contributed by atoms with E-state index < -0.39 is 54.4 Å². The van der Waals surface area contributed by atoms with Gasteiger partial charge in [0.2, 0.25) is 5.60 Å². The van der Waals surface area contributed by atoms with Crippen molar-refractivity contribution < 1.29 is 45.7 Å². The number of azide groups is 1. The van der Waals surface area contributed by atoms with Gasteiger partial charge in [0.05, 0.1) is 0 Å². The molecule has 13 heteroatoms. The summed E-state index contributed by atoms with van der Waals surface area (Å²) in [6.07, 6.45) is -10.5. The van der Waals surface area contributed by atoms with Gasteiger partial charge < -0.3 is 14.9 Å². The molecule has 6 nitrogen and oxygen atoms in total. The van der Waals surface area contributed by atoms with Crippen molar-refractivity contribution in [2.24, 2.45) is 11.0 Å². The Balaban J connectivity index is 2.73. The summed E-state index contributed by atoms with van der Waals surface area (Å²) in [5.41, 5.74) is 3.62. The highest BCUT2D eigenvalue weighted by atomic mass is 19.4. The Morgan fingerprint density at radius 3 is 2.00 bits per heavy atom. The van der Waals surface area contributed by atoms with Crippen LogP contribution < -0.4 is 0 Å². The largest absolute Gasteiger partial charge is 0.423 e. The van der Waals surface area contributed by atoms with Crippen molar-refractivity contribution in [3.05, 3.63) is 10.4 Å². The number of aliphatic hydroxyl groups is 2. The average Bonchev–Trinajstić information content (AvgIpc) is 2.50. The topological polar surface area (TPSA) is 98.5 Å². The molecule has 0 radical (unpaired) electrons. The molecule has 0 aromatic carbocycles. The van der Waals surface area contributed by atoms with E-state index in [-0.39, 0.29) is 12.8 Å². The third kappa shape index (κ3) is 2.56. The highest BCUT2D eigenvalue weighted by Gasteiger charge is 2.87. The number of halogens is 7. The molecule has 3 unspecified atom stereocenters. The number of ether oxygens (including phenoxy) is 1. The SMILES string of the molecule is [N-]=[N+]=NC1(O)OC(C2CCCCC2)(C(F)(F)F)C(F)(F)C(O)C1(F)F. The van der Waals surface area contributed by atoms with Crippen LogP contribution in [0, 0.1) is 5.92 Å². The molecule has 25 heavy (non-hydrogen) atoms. The molecule has 2 rings (SSSR count). The fourth-order valence-electron chi connectivity index (χ4n) is 3.46. The molecule has 2 aliphatic rings. The van der Waals surface area contributed by atoms with E-state index in [1.165, 1.54) is 0 Å². The first-order valence-corrected chi connectivity index (χ1v) is 7.27. The summed E-state index contributed by atoms with van der Waals surface area (Å²) in [6.45, 7) is 0. The quantitative estimate of drug-likeness (QED) is 0.332. The smallest absolute Gasteiger partial charge is 0.381 e. The van der Waals surface area contributed by atoms with Crippen LogP contribution in [0.3, 0.4) is 0 Å². The monoisotopic (exact) mass is 381 g/mol. The molecule has 0 spiro atoms. The molecule has 0 aromatic rings. The van der Waals surface area contributed by atoms with Crippen LogP contribution in [0.1, 0.15) is 32.1 Å². The van der Waals surface area contributed by atoms with E-state index >= 15 is 0 Å². The minimum Gasteiger partial charge on any atom is -0.381 e. The molecule has 144 valence electrons. The van der Waals surface area contributed by atoms with E-state index in [1.807, 2.05) is 0 Å². The number of nitrogens with zero attached hydrogens (tertiary/aromatic N) is 3. The summed E-state index contributed by atoms with van der Waals surface area (Å²) >= 11 is 0. The van der Waals surface area contributed by atoms with Crippen molar-refractivity contribution in [2.45, 2.75) is 67.7 Å². The Hall–Kier alpha value is -1.30. The van der Waals surface area contributed by atoms with E-state index in [2.05, 4.69) is 9.85 Å². The van der Waals surface area contributed by atoms with E-state index in [0.717, 1.165) is 0 Å². The van der Waals surface area contributed by atoms with Crippen molar-refractivity contribution in [3.8, 4) is 0 Å². The molecule has 1 aliphatic carbocycles. The van der Waals surface area contributed by atoms with Gasteiger partial charge in [-0.05, 0) is 23.5 Å². The molecule has 1 heterocycles. The third-order valence-electron chi connectivity index (χ3n) is 4.70. The first-order chi connectivity index (χ1) is 11.3. The predicted molar refractivity (Wildman–Crippen MR) is 66.4 cm³/mol. The molecule has 3 atom stereocenters. The van der Waals surface area contributed by atoms with Gasteiger partial charge in [-0.1, -0.05) is 19.3 Å². The molecule has 1 aliphatic heterocycles. The van der Waals surface area contributed by atoms with Gasteiger partial charge in [-0.25, -0.2) is 0 Å². The van der Waals surface area contributed by atoms with Gasteiger partial charge in [-0.2, -0.15) is 30.7 Å². The van der Waals surface area contributed by atoms with Gasteiger partial charge in [0.1, 0.15) is 0 Å². The van der Waals surface area contributed by atoms with Gasteiger partial charge in [-0.3, -0.25) is 0 Å². The number of hydrogen-bond donors (Lipinski definition) is 2. The minimum absolute atomic E-state index is 0.0916. The zero-order chi connectivity index (χ0) is 19.3. The first-order valence-electron chi connectivity index (χ1n) is 7.27. The predicted octanol–water partition coefficient (Wildman–Crippen LogP) is 3.49. The van der Waals surface area contributed by atoms with Crippen LogP contribution in [0.2, 0.25) is 0 Å². The van der Waals surface area contributed by atoms with Crippen LogP contribution in [-0.4, -0.2) is 45.9 Å². The zero-order valence-electron chi connectivity index (χ0n) is 12.5. The lowest BCUT2D eigenvalue weighted by molar-refractivity contribution is -0.506. The second kappa shape index (κ2) is 5.86. The number of aliphatic hydroxyl groups excluding tert-OH is 1. The zero-order valence-corrected chi connectivity index (χ0v) is 12.5. The second-order valence-electron chi connectivity index (χ2n) is 6.12. The molecule has 0 bridgehead atoms. The maximum atomic E-state index is 14.5. The molecule has 2 fully saturated rings. The fourth-order valence-corrected chi connectivity index (χ4v) is 3.46. The fraction of sp³-hybridized carbons (Fsp3) is 1.00. The Bertz CT molecular complexity index is 575. The summed E-state index contributed by atoms with van der Waals surface area (Å²) in [4.78, 5) is 1.75. The Kier molecular flexibility index (Phi) is 4.69. The van der Waals surface area contributed by atoms with Gasteiger partial charge in [0, 0.05) is 10.8 Å². The molecule has 2 N–H and O–H groups in total. The molecule has 1 saturated heterocycles. The van der Waals surface area contributed by atoms with E-state index in [0.29, 0.717) is 6.42 Å². The summed E-state index contributed by atoms with van der Waals surface area (Å²) in [5.74, 6) is -17.5. The number of rotatable bonds is 2. The molecule has 0 aromatic heterocycles. The molecule has 1 saturated carbocycles. The lowest BCUT2D eigenvalue weighted by Gasteiger charge is -2.56. The standard InChI is InChI=1S/C12H14F7N3O3/c13-9(14)7(23)10(15,16)12(24,21-22-20)25-8(9,11(17,18)19)6-4-2-1-3-5-6/h6-7,23-24H,1-5H2. The van der Waals surface area contributed by atoms with Crippen LogP contribution in [0.15, 0.2) is 5.11 Å². The van der Waals surface area contributed by atoms with Crippen LogP contribution in [0.4, 0.5) is 30.7 Å². The van der Waals surface area contributed by atoms with Crippen LogP contribution in [-0.2, 0) is 4.74 Å². The highest BCUT2D eigenvalue weighted by Crippen LogP contribution is 2.62. The second-order valence-corrected chi connectivity index (χ2v) is 6.12. The van der Waals surface area contributed by atoms with Gasteiger partial charge in [0.15, 0.2) is 6.10 Å². The average molecular weight is 381 g/mol. The Morgan fingerprint density at radius 2 is 1.56 bits per heavy atom. The van der Waals surface area contributed by atoms with Gasteiger partial charge in [-0.15, -0.1) is 0 Å². The maximum Gasteiger partial charge on any atom is 0.423 e. The van der Waals surface area contributed by atoms with Crippen molar-refractivity contribution in [3.63, 3.8) is 0 Å². The highest BCUT2D eigenvalue weighted by molar-refractivity contribution is 5.17. The number of hydrogen-bond acceptors (Lipinski definition) is 4. The molecular weight excluding hydrogens is 367 g/mol. The van der Waals surface area contributed by atoms with E-state index in [1.54, 1.807) is 4.91 Å². The summed E-state index contributed by atoms with van der Waals surface area (Å²) in [5, 5.41) is 21.0. The number of alkyl halides is 7. The summed E-state index contributed by atoms with van der Waals surface area (Å²) in [7, 11) is 0. The molecular formula is C12H14F7N3O3. The first kappa shape index (κ1) is 20.0. The van der Waals surface area contributed by atoms with Crippen molar-refractivity contribution in [2.75, 3.05) is 0 Å². The summed E-state index contributed by atoms with van der Waals surface area (Å²) in [6, 6.07) is 0. The van der Waals surface area contributed by atoms with Crippen molar-refractivity contribution in [1.29, 1.82) is 0 Å². The lowest BCUT2D eigenvalue weighted by Crippen LogP contribution is -2.81. The van der Waals surface area contributed by atoms with Gasteiger partial charge >= 0.3 is 23.9 Å².